The fourth-order valence-electron chi connectivity index (χ4n) is 2.52. The van der Waals surface area contributed by atoms with Gasteiger partial charge in [0.25, 0.3) is 0 Å². The number of benzene rings is 1. The van der Waals surface area contributed by atoms with Crippen molar-refractivity contribution in [2.45, 2.75) is 46.0 Å². The molecule has 0 fully saturated rings. The van der Waals surface area contributed by atoms with Crippen molar-refractivity contribution in [3.63, 3.8) is 0 Å². The SMILES string of the molecule is CCCC(C#N)(CCC)C(=O)NCCc1ccc(O)cc1. The summed E-state index contributed by atoms with van der Waals surface area (Å²) in [6, 6.07) is 9.15. The van der Waals surface area contributed by atoms with Crippen LogP contribution in [0.5, 0.6) is 5.75 Å². The number of carbonyl (C=O) groups excluding carboxylic acids is 1. The van der Waals surface area contributed by atoms with E-state index in [0.29, 0.717) is 25.8 Å². The summed E-state index contributed by atoms with van der Waals surface area (Å²) in [4.78, 5) is 12.3. The van der Waals surface area contributed by atoms with Crippen LogP contribution in [-0.2, 0) is 11.2 Å². The summed E-state index contributed by atoms with van der Waals surface area (Å²) in [5.74, 6) is 0.0738. The number of nitrogens with one attached hydrogen (secondary N) is 1. The Morgan fingerprint density at radius 2 is 1.81 bits per heavy atom. The van der Waals surface area contributed by atoms with E-state index in [9.17, 15) is 15.2 Å². The van der Waals surface area contributed by atoms with E-state index in [-0.39, 0.29) is 11.7 Å². The van der Waals surface area contributed by atoms with Crippen LogP contribution in [0.1, 0.15) is 45.1 Å². The van der Waals surface area contributed by atoms with Gasteiger partial charge in [-0.05, 0) is 37.0 Å². The number of nitrogens with zero attached hydrogens (tertiary/aromatic N) is 1. The molecule has 1 amide bonds. The Hall–Kier alpha value is -2.02. The topological polar surface area (TPSA) is 73.1 Å². The molecular weight excluding hydrogens is 264 g/mol. The fourth-order valence-corrected chi connectivity index (χ4v) is 2.52. The van der Waals surface area contributed by atoms with Gasteiger partial charge in [-0.1, -0.05) is 38.8 Å². The lowest BCUT2D eigenvalue weighted by atomic mass is 9.80. The molecule has 0 bridgehead atoms. The van der Waals surface area contributed by atoms with Gasteiger partial charge in [0, 0.05) is 6.54 Å². The first-order valence-electron chi connectivity index (χ1n) is 7.55. The summed E-state index contributed by atoms with van der Waals surface area (Å²) >= 11 is 0. The predicted molar refractivity (Wildman–Crippen MR) is 82.7 cm³/mol. The fraction of sp³-hybridized carbons (Fsp3) is 0.529. The lowest BCUT2D eigenvalue weighted by molar-refractivity contribution is -0.128. The van der Waals surface area contributed by atoms with E-state index < -0.39 is 5.41 Å². The van der Waals surface area contributed by atoms with Crippen molar-refractivity contribution in [3.8, 4) is 11.8 Å². The minimum Gasteiger partial charge on any atom is -0.508 e. The zero-order valence-corrected chi connectivity index (χ0v) is 12.9. The van der Waals surface area contributed by atoms with E-state index in [2.05, 4.69) is 11.4 Å². The van der Waals surface area contributed by atoms with Crippen LogP contribution in [0.3, 0.4) is 0 Å². The van der Waals surface area contributed by atoms with Gasteiger partial charge in [0.15, 0.2) is 0 Å². The molecule has 0 radical (unpaired) electrons. The molecule has 0 spiro atoms. The smallest absolute Gasteiger partial charge is 0.240 e. The maximum absolute atomic E-state index is 12.3. The Balaban J connectivity index is 2.57. The van der Waals surface area contributed by atoms with Gasteiger partial charge < -0.3 is 10.4 Å². The lowest BCUT2D eigenvalue weighted by Gasteiger charge is -2.24. The molecule has 4 heteroatoms. The number of hydrogen-bond donors (Lipinski definition) is 2. The van der Waals surface area contributed by atoms with Crippen LogP contribution in [0.2, 0.25) is 0 Å². The Kier molecular flexibility index (Phi) is 6.74. The molecule has 4 nitrogen and oxygen atoms in total. The van der Waals surface area contributed by atoms with Crippen LogP contribution in [0, 0.1) is 16.7 Å². The minimum absolute atomic E-state index is 0.160. The van der Waals surface area contributed by atoms with Crippen LogP contribution >= 0.6 is 0 Å². The van der Waals surface area contributed by atoms with Gasteiger partial charge in [0.1, 0.15) is 11.2 Å². The van der Waals surface area contributed by atoms with Crippen molar-refractivity contribution in [2.24, 2.45) is 5.41 Å². The van der Waals surface area contributed by atoms with E-state index in [1.807, 2.05) is 26.0 Å². The summed E-state index contributed by atoms with van der Waals surface area (Å²) < 4.78 is 0. The van der Waals surface area contributed by atoms with Crippen LogP contribution in [0.4, 0.5) is 0 Å². The highest BCUT2D eigenvalue weighted by atomic mass is 16.3. The lowest BCUT2D eigenvalue weighted by Crippen LogP contribution is -2.41. The maximum atomic E-state index is 12.3. The molecule has 1 rings (SSSR count). The van der Waals surface area contributed by atoms with Gasteiger partial charge in [-0.25, -0.2) is 0 Å². The van der Waals surface area contributed by atoms with Gasteiger partial charge in [-0.2, -0.15) is 5.26 Å². The Morgan fingerprint density at radius 1 is 1.24 bits per heavy atom. The monoisotopic (exact) mass is 288 g/mol. The van der Waals surface area contributed by atoms with Crippen molar-refractivity contribution in [1.82, 2.24) is 5.32 Å². The average Bonchev–Trinajstić information content (AvgIpc) is 2.48. The molecule has 1 aromatic rings. The zero-order valence-electron chi connectivity index (χ0n) is 12.9. The molecule has 0 aliphatic rings. The van der Waals surface area contributed by atoms with Crippen molar-refractivity contribution in [1.29, 1.82) is 5.26 Å². The van der Waals surface area contributed by atoms with E-state index in [1.165, 1.54) is 0 Å². The van der Waals surface area contributed by atoms with Crippen LogP contribution < -0.4 is 5.32 Å². The molecule has 0 aliphatic carbocycles. The first kappa shape index (κ1) is 17.0. The number of amides is 1. The van der Waals surface area contributed by atoms with E-state index in [1.54, 1.807) is 12.1 Å². The van der Waals surface area contributed by atoms with Crippen molar-refractivity contribution in [2.75, 3.05) is 6.54 Å². The molecule has 2 N–H and O–H groups in total. The molecule has 114 valence electrons. The number of rotatable bonds is 8. The molecule has 0 heterocycles. The summed E-state index contributed by atoms with van der Waals surface area (Å²) in [6.07, 6.45) is 3.52. The van der Waals surface area contributed by atoms with Crippen molar-refractivity contribution < 1.29 is 9.90 Å². The Labute approximate surface area is 126 Å². The molecule has 0 aliphatic heterocycles. The standard InChI is InChI=1S/C17H24N2O2/c1-3-10-17(13-18,11-4-2)16(21)19-12-9-14-5-7-15(20)8-6-14/h5-8,20H,3-4,9-12H2,1-2H3,(H,19,21). The summed E-state index contributed by atoms with van der Waals surface area (Å²) in [5.41, 5.74) is 0.153. The quantitative estimate of drug-likeness (QED) is 0.771. The summed E-state index contributed by atoms with van der Waals surface area (Å²) in [6.45, 7) is 4.48. The zero-order chi connectivity index (χ0) is 15.7. The average molecular weight is 288 g/mol. The Morgan fingerprint density at radius 3 is 2.29 bits per heavy atom. The van der Waals surface area contributed by atoms with Crippen molar-refractivity contribution in [3.05, 3.63) is 29.8 Å². The third kappa shape index (κ3) is 4.78. The van der Waals surface area contributed by atoms with Crippen LogP contribution in [0.15, 0.2) is 24.3 Å². The molecule has 21 heavy (non-hydrogen) atoms. The second-order valence-electron chi connectivity index (χ2n) is 5.37. The number of carbonyl (C=O) groups is 1. The van der Waals surface area contributed by atoms with Gasteiger partial charge in [0.2, 0.25) is 5.91 Å². The van der Waals surface area contributed by atoms with Crippen LogP contribution in [-0.4, -0.2) is 17.6 Å². The molecular formula is C17H24N2O2. The Bertz CT molecular complexity index is 483. The van der Waals surface area contributed by atoms with E-state index >= 15 is 0 Å². The summed E-state index contributed by atoms with van der Waals surface area (Å²) in [7, 11) is 0. The molecule has 0 saturated heterocycles. The van der Waals surface area contributed by atoms with E-state index in [0.717, 1.165) is 18.4 Å². The third-order valence-corrected chi connectivity index (χ3v) is 3.64. The van der Waals surface area contributed by atoms with Gasteiger partial charge >= 0.3 is 0 Å². The van der Waals surface area contributed by atoms with Gasteiger partial charge in [0.05, 0.1) is 6.07 Å². The second kappa shape index (κ2) is 8.31. The highest BCUT2D eigenvalue weighted by Gasteiger charge is 2.36. The molecule has 0 saturated carbocycles. The molecule has 0 unspecified atom stereocenters. The third-order valence-electron chi connectivity index (χ3n) is 3.64. The van der Waals surface area contributed by atoms with Crippen LogP contribution in [0.25, 0.3) is 0 Å². The van der Waals surface area contributed by atoms with E-state index in [4.69, 9.17) is 0 Å². The number of phenolic OH excluding ortho intramolecular Hbond substituents is 1. The largest absolute Gasteiger partial charge is 0.508 e. The highest BCUT2D eigenvalue weighted by molar-refractivity contribution is 5.85. The molecule has 0 atom stereocenters. The minimum atomic E-state index is -0.890. The normalized spacial score (nSPS) is 10.9. The maximum Gasteiger partial charge on any atom is 0.240 e. The van der Waals surface area contributed by atoms with Gasteiger partial charge in [-0.3, -0.25) is 4.79 Å². The molecule has 0 aromatic heterocycles. The number of hydrogen-bond acceptors (Lipinski definition) is 3. The summed E-state index contributed by atoms with van der Waals surface area (Å²) in [5, 5.41) is 21.5. The number of aromatic hydroxyl groups is 1. The van der Waals surface area contributed by atoms with Gasteiger partial charge in [-0.15, -0.1) is 0 Å². The van der Waals surface area contributed by atoms with Crippen molar-refractivity contribution >= 4 is 5.91 Å². The number of nitriles is 1. The number of phenols is 1. The highest BCUT2D eigenvalue weighted by Crippen LogP contribution is 2.29. The first-order valence-corrected chi connectivity index (χ1v) is 7.55. The molecule has 1 aromatic carbocycles. The predicted octanol–water partition coefficient (Wildman–Crippen LogP) is 3.16. The first-order chi connectivity index (χ1) is 10.1. The second-order valence-corrected chi connectivity index (χ2v) is 5.37.